The fourth-order valence-corrected chi connectivity index (χ4v) is 1.40. The first kappa shape index (κ1) is 12.7. The minimum absolute atomic E-state index is 0.0458. The van der Waals surface area contributed by atoms with Crippen molar-refractivity contribution in [1.82, 2.24) is 5.32 Å². The van der Waals surface area contributed by atoms with E-state index in [1.165, 1.54) is 12.7 Å². The molecule has 0 saturated heterocycles. The van der Waals surface area contributed by atoms with Crippen LogP contribution in [0.4, 0.5) is 0 Å². The van der Waals surface area contributed by atoms with Gasteiger partial charge in [-0.3, -0.25) is 4.79 Å². The molecule has 0 radical (unpaired) electrons. The first-order valence-electron chi connectivity index (χ1n) is 5.58. The van der Waals surface area contributed by atoms with Crippen LogP contribution in [0.5, 0.6) is 0 Å². The summed E-state index contributed by atoms with van der Waals surface area (Å²) >= 11 is 0. The Labute approximate surface area is 96.8 Å². The lowest BCUT2D eigenvalue weighted by Crippen LogP contribution is -2.34. The van der Waals surface area contributed by atoms with E-state index in [0.717, 1.165) is 12.8 Å². The number of hydrogen-bond acceptors (Lipinski definition) is 2. The van der Waals surface area contributed by atoms with Crippen LogP contribution in [0.1, 0.15) is 18.9 Å². The summed E-state index contributed by atoms with van der Waals surface area (Å²) in [5.74, 6) is -0.0458. The first-order chi connectivity index (χ1) is 7.74. The highest BCUT2D eigenvalue weighted by Crippen LogP contribution is 2.01. The number of methoxy groups -OCH3 is 1. The molecule has 0 fully saturated rings. The van der Waals surface area contributed by atoms with Crippen LogP contribution >= 0.6 is 0 Å². The molecule has 3 nitrogen and oxygen atoms in total. The van der Waals surface area contributed by atoms with Crippen molar-refractivity contribution < 1.29 is 9.53 Å². The molecule has 1 atom stereocenters. The highest BCUT2D eigenvalue weighted by molar-refractivity contribution is 5.80. The van der Waals surface area contributed by atoms with E-state index in [0.29, 0.717) is 6.54 Å². The van der Waals surface area contributed by atoms with E-state index in [4.69, 9.17) is 4.74 Å². The number of rotatable bonds is 6. The number of carbonyl (C=O) groups is 1. The van der Waals surface area contributed by atoms with Crippen LogP contribution in [-0.4, -0.2) is 25.7 Å². The summed E-state index contributed by atoms with van der Waals surface area (Å²) in [6.07, 6.45) is 1.58. The Morgan fingerprint density at radius 2 is 2.06 bits per heavy atom. The summed E-state index contributed by atoms with van der Waals surface area (Å²) in [5, 5.41) is 2.84. The number of ether oxygens (including phenoxy) is 1. The molecule has 1 amide bonds. The molecular weight excluding hydrogens is 202 g/mol. The molecule has 3 heteroatoms. The molecule has 0 saturated carbocycles. The van der Waals surface area contributed by atoms with Gasteiger partial charge in [-0.05, 0) is 25.3 Å². The van der Waals surface area contributed by atoms with Crippen molar-refractivity contribution in [1.29, 1.82) is 0 Å². The maximum Gasteiger partial charge on any atom is 0.248 e. The van der Waals surface area contributed by atoms with E-state index in [1.54, 1.807) is 6.92 Å². The van der Waals surface area contributed by atoms with Gasteiger partial charge in [0.1, 0.15) is 6.10 Å². The van der Waals surface area contributed by atoms with Gasteiger partial charge < -0.3 is 10.1 Å². The molecule has 0 heterocycles. The SMILES string of the molecule is COC(C)C(=O)NCCCc1ccccc1. The van der Waals surface area contributed by atoms with Crippen molar-refractivity contribution in [3.05, 3.63) is 35.9 Å². The lowest BCUT2D eigenvalue weighted by molar-refractivity contribution is -0.130. The summed E-state index contributed by atoms with van der Waals surface area (Å²) in [5.41, 5.74) is 1.30. The second-order valence-electron chi connectivity index (χ2n) is 3.76. The summed E-state index contributed by atoms with van der Waals surface area (Å²) in [4.78, 5) is 11.3. The van der Waals surface area contributed by atoms with Crippen LogP contribution in [0, 0.1) is 0 Å². The second kappa shape index (κ2) is 7.01. The third kappa shape index (κ3) is 4.45. The van der Waals surface area contributed by atoms with Crippen LogP contribution in [0.25, 0.3) is 0 Å². The quantitative estimate of drug-likeness (QED) is 0.743. The zero-order chi connectivity index (χ0) is 11.8. The molecule has 0 bridgehead atoms. The van der Waals surface area contributed by atoms with Crippen LogP contribution < -0.4 is 5.32 Å². The maximum atomic E-state index is 11.3. The van der Waals surface area contributed by atoms with Gasteiger partial charge >= 0.3 is 0 Å². The molecular formula is C13H19NO2. The van der Waals surface area contributed by atoms with Crippen molar-refractivity contribution >= 4 is 5.91 Å². The van der Waals surface area contributed by atoms with Crippen LogP contribution in [0.2, 0.25) is 0 Å². The Bertz CT molecular complexity index is 311. The molecule has 0 spiro atoms. The smallest absolute Gasteiger partial charge is 0.248 e. The predicted molar refractivity (Wildman–Crippen MR) is 64.2 cm³/mol. The first-order valence-corrected chi connectivity index (χ1v) is 5.58. The number of amides is 1. The number of aryl methyl sites for hydroxylation is 1. The van der Waals surface area contributed by atoms with Gasteiger partial charge in [0.2, 0.25) is 5.91 Å². The molecule has 1 rings (SSSR count). The van der Waals surface area contributed by atoms with Crippen molar-refractivity contribution in [2.45, 2.75) is 25.9 Å². The number of carbonyl (C=O) groups excluding carboxylic acids is 1. The van der Waals surface area contributed by atoms with Gasteiger partial charge in [0, 0.05) is 13.7 Å². The fraction of sp³-hybridized carbons (Fsp3) is 0.462. The van der Waals surface area contributed by atoms with Gasteiger partial charge in [-0.25, -0.2) is 0 Å². The van der Waals surface area contributed by atoms with E-state index < -0.39 is 0 Å². The van der Waals surface area contributed by atoms with Gasteiger partial charge in [0.15, 0.2) is 0 Å². The molecule has 0 aliphatic heterocycles. The van der Waals surface area contributed by atoms with Gasteiger partial charge in [0.05, 0.1) is 0 Å². The zero-order valence-corrected chi connectivity index (χ0v) is 9.90. The number of hydrogen-bond donors (Lipinski definition) is 1. The Kier molecular flexibility index (Phi) is 5.57. The minimum atomic E-state index is -0.364. The molecule has 1 N–H and O–H groups in total. The molecule has 16 heavy (non-hydrogen) atoms. The summed E-state index contributed by atoms with van der Waals surface area (Å²) in [6.45, 7) is 2.44. The highest BCUT2D eigenvalue weighted by Gasteiger charge is 2.09. The molecule has 1 aromatic carbocycles. The van der Waals surface area contributed by atoms with Crippen LogP contribution in [-0.2, 0) is 16.0 Å². The van der Waals surface area contributed by atoms with Crippen molar-refractivity contribution in [2.24, 2.45) is 0 Å². The number of benzene rings is 1. The molecule has 0 aromatic heterocycles. The van der Waals surface area contributed by atoms with Crippen LogP contribution in [0.3, 0.4) is 0 Å². The Hall–Kier alpha value is -1.35. The average Bonchev–Trinajstić information content (AvgIpc) is 2.34. The third-order valence-corrected chi connectivity index (χ3v) is 2.51. The van der Waals surface area contributed by atoms with Gasteiger partial charge in [-0.1, -0.05) is 30.3 Å². The van der Waals surface area contributed by atoms with Gasteiger partial charge in [-0.2, -0.15) is 0 Å². The summed E-state index contributed by atoms with van der Waals surface area (Å²) in [6, 6.07) is 10.3. The topological polar surface area (TPSA) is 38.3 Å². The fourth-order valence-electron chi connectivity index (χ4n) is 1.40. The average molecular weight is 221 g/mol. The van der Waals surface area contributed by atoms with E-state index in [-0.39, 0.29) is 12.0 Å². The monoisotopic (exact) mass is 221 g/mol. The van der Waals surface area contributed by atoms with E-state index in [9.17, 15) is 4.79 Å². The Morgan fingerprint density at radius 3 is 2.69 bits per heavy atom. The molecule has 1 unspecified atom stereocenters. The zero-order valence-electron chi connectivity index (χ0n) is 9.90. The van der Waals surface area contributed by atoms with E-state index in [1.807, 2.05) is 18.2 Å². The largest absolute Gasteiger partial charge is 0.372 e. The Morgan fingerprint density at radius 1 is 1.38 bits per heavy atom. The van der Waals surface area contributed by atoms with E-state index >= 15 is 0 Å². The Balaban J connectivity index is 2.15. The molecule has 0 aliphatic carbocycles. The van der Waals surface area contributed by atoms with Gasteiger partial charge in [0.25, 0.3) is 0 Å². The van der Waals surface area contributed by atoms with Crippen molar-refractivity contribution in [2.75, 3.05) is 13.7 Å². The van der Waals surface area contributed by atoms with E-state index in [2.05, 4.69) is 17.4 Å². The normalized spacial score (nSPS) is 12.1. The van der Waals surface area contributed by atoms with Crippen molar-refractivity contribution in [3.63, 3.8) is 0 Å². The van der Waals surface area contributed by atoms with Crippen molar-refractivity contribution in [3.8, 4) is 0 Å². The third-order valence-electron chi connectivity index (χ3n) is 2.51. The molecule has 1 aromatic rings. The lowest BCUT2D eigenvalue weighted by Gasteiger charge is -2.10. The molecule has 0 aliphatic rings. The van der Waals surface area contributed by atoms with Gasteiger partial charge in [-0.15, -0.1) is 0 Å². The lowest BCUT2D eigenvalue weighted by atomic mass is 10.1. The maximum absolute atomic E-state index is 11.3. The van der Waals surface area contributed by atoms with Crippen LogP contribution in [0.15, 0.2) is 30.3 Å². The minimum Gasteiger partial charge on any atom is -0.372 e. The predicted octanol–water partition coefficient (Wildman–Crippen LogP) is 1.77. The number of nitrogens with one attached hydrogen (secondary N) is 1. The standard InChI is InChI=1S/C13H19NO2/c1-11(16-2)13(15)14-10-6-9-12-7-4-3-5-8-12/h3-5,7-8,11H,6,9-10H2,1-2H3,(H,14,15). The summed E-state index contributed by atoms with van der Waals surface area (Å²) in [7, 11) is 1.54. The summed E-state index contributed by atoms with van der Waals surface area (Å²) < 4.78 is 4.92. The highest BCUT2D eigenvalue weighted by atomic mass is 16.5. The molecule has 88 valence electrons. The second-order valence-corrected chi connectivity index (χ2v) is 3.76.